The molecule has 0 saturated heterocycles. The summed E-state index contributed by atoms with van der Waals surface area (Å²) >= 11 is 0. The lowest BCUT2D eigenvalue weighted by molar-refractivity contribution is -0.385. The van der Waals surface area contributed by atoms with Crippen molar-refractivity contribution in [1.29, 1.82) is 0 Å². The summed E-state index contributed by atoms with van der Waals surface area (Å²) in [5.74, 6) is -2.83. The van der Waals surface area contributed by atoms with E-state index in [0.29, 0.717) is 11.1 Å². The molecule has 0 spiro atoms. The van der Waals surface area contributed by atoms with Crippen LogP contribution >= 0.6 is 0 Å². The summed E-state index contributed by atoms with van der Waals surface area (Å²) in [7, 11) is 0. The SMILES string of the molecule is O=C(NNC(=O)c1ccccc1-c1ccccc1C(=O)NNC(=O)c1ccc([N+](=O)[O-])cc1)c1ccc([N+](=O)[O-])cc1. The topological polar surface area (TPSA) is 203 Å². The molecule has 14 nitrogen and oxygen atoms in total. The molecule has 4 rings (SSSR count). The highest BCUT2D eigenvalue weighted by atomic mass is 16.6. The van der Waals surface area contributed by atoms with E-state index in [1.807, 2.05) is 0 Å². The van der Waals surface area contributed by atoms with Crippen molar-refractivity contribution in [2.24, 2.45) is 0 Å². The number of amides is 4. The molecule has 0 bridgehead atoms. The zero-order valence-electron chi connectivity index (χ0n) is 21.4. The Balaban J connectivity index is 1.47. The van der Waals surface area contributed by atoms with Crippen molar-refractivity contribution in [1.82, 2.24) is 21.7 Å². The second-order valence-electron chi connectivity index (χ2n) is 8.52. The fourth-order valence-electron chi connectivity index (χ4n) is 3.81. The van der Waals surface area contributed by atoms with Gasteiger partial charge in [-0.25, -0.2) is 0 Å². The molecule has 42 heavy (non-hydrogen) atoms. The number of carbonyl (C=O) groups excluding carboxylic acids is 4. The Bertz CT molecular complexity index is 1580. The molecule has 14 heteroatoms. The number of nitrogens with one attached hydrogen (secondary N) is 4. The molecule has 4 aromatic carbocycles. The van der Waals surface area contributed by atoms with Crippen molar-refractivity contribution in [3.63, 3.8) is 0 Å². The highest BCUT2D eigenvalue weighted by Crippen LogP contribution is 2.27. The van der Waals surface area contributed by atoms with E-state index in [1.165, 1.54) is 36.4 Å². The van der Waals surface area contributed by atoms with Crippen LogP contribution in [0.4, 0.5) is 11.4 Å². The zero-order chi connectivity index (χ0) is 30.2. The molecule has 0 aromatic heterocycles. The van der Waals surface area contributed by atoms with Crippen LogP contribution < -0.4 is 21.7 Å². The van der Waals surface area contributed by atoms with Gasteiger partial charge in [0.25, 0.3) is 35.0 Å². The van der Waals surface area contributed by atoms with E-state index in [2.05, 4.69) is 21.7 Å². The van der Waals surface area contributed by atoms with E-state index in [1.54, 1.807) is 36.4 Å². The Labute approximate surface area is 236 Å². The third-order valence-corrected chi connectivity index (χ3v) is 5.89. The first kappa shape index (κ1) is 28.6. The molecule has 4 N–H and O–H groups in total. The summed E-state index contributed by atoms with van der Waals surface area (Å²) in [6.45, 7) is 0. The van der Waals surface area contributed by atoms with Gasteiger partial charge in [-0.1, -0.05) is 36.4 Å². The number of nitrogens with zero attached hydrogens (tertiary/aromatic N) is 2. The Kier molecular flexibility index (Phi) is 8.58. The molecular formula is C28H20N6O8. The molecular weight excluding hydrogens is 548 g/mol. The molecule has 0 heterocycles. The van der Waals surface area contributed by atoms with Gasteiger partial charge in [0.2, 0.25) is 0 Å². The third-order valence-electron chi connectivity index (χ3n) is 5.89. The molecule has 0 aliphatic rings. The van der Waals surface area contributed by atoms with E-state index >= 15 is 0 Å². The lowest BCUT2D eigenvalue weighted by Gasteiger charge is -2.15. The molecule has 0 unspecified atom stereocenters. The average Bonchev–Trinajstić information content (AvgIpc) is 3.02. The molecule has 0 radical (unpaired) electrons. The zero-order valence-corrected chi connectivity index (χ0v) is 21.4. The number of hydrazine groups is 2. The second-order valence-corrected chi connectivity index (χ2v) is 8.52. The number of carbonyl (C=O) groups is 4. The maximum absolute atomic E-state index is 13.0. The predicted octanol–water partition coefficient (Wildman–Crippen LogP) is 3.32. The third kappa shape index (κ3) is 6.58. The first-order valence-electron chi connectivity index (χ1n) is 12.0. The van der Waals surface area contributed by atoms with Gasteiger partial charge in [0.1, 0.15) is 0 Å². The van der Waals surface area contributed by atoms with Crippen LogP contribution in [0.1, 0.15) is 41.4 Å². The molecule has 0 aliphatic carbocycles. The highest BCUT2D eigenvalue weighted by Gasteiger charge is 2.20. The van der Waals surface area contributed by atoms with Crippen LogP contribution in [-0.4, -0.2) is 33.5 Å². The molecule has 0 fully saturated rings. The van der Waals surface area contributed by atoms with Crippen molar-refractivity contribution in [2.45, 2.75) is 0 Å². The van der Waals surface area contributed by atoms with E-state index < -0.39 is 33.5 Å². The molecule has 0 atom stereocenters. The maximum atomic E-state index is 13.0. The summed E-state index contributed by atoms with van der Waals surface area (Å²) in [6.07, 6.45) is 0. The Morgan fingerprint density at radius 2 is 0.762 bits per heavy atom. The van der Waals surface area contributed by atoms with Crippen LogP contribution in [0.2, 0.25) is 0 Å². The van der Waals surface area contributed by atoms with Gasteiger partial charge < -0.3 is 0 Å². The number of hydrogen-bond donors (Lipinski definition) is 4. The van der Waals surface area contributed by atoms with E-state index in [9.17, 15) is 39.4 Å². The maximum Gasteiger partial charge on any atom is 0.270 e. The van der Waals surface area contributed by atoms with Crippen molar-refractivity contribution >= 4 is 35.0 Å². The molecule has 4 aromatic rings. The van der Waals surface area contributed by atoms with E-state index in [-0.39, 0.29) is 33.6 Å². The number of nitro benzene ring substituents is 2. The van der Waals surface area contributed by atoms with Crippen molar-refractivity contribution in [2.75, 3.05) is 0 Å². The van der Waals surface area contributed by atoms with Gasteiger partial charge in [-0.3, -0.25) is 61.1 Å². The Hall–Kier alpha value is -6.44. The van der Waals surface area contributed by atoms with E-state index in [4.69, 9.17) is 0 Å². The molecule has 4 amide bonds. The number of nitro groups is 2. The van der Waals surface area contributed by atoms with Crippen LogP contribution in [0, 0.1) is 20.2 Å². The fraction of sp³-hybridized carbons (Fsp3) is 0. The van der Waals surface area contributed by atoms with Gasteiger partial charge in [-0.2, -0.15) is 0 Å². The summed E-state index contributed by atoms with van der Waals surface area (Å²) in [5, 5.41) is 21.6. The second kappa shape index (κ2) is 12.6. The number of benzene rings is 4. The fourth-order valence-corrected chi connectivity index (χ4v) is 3.81. The average molecular weight is 569 g/mol. The van der Waals surface area contributed by atoms with Crippen LogP contribution in [0.25, 0.3) is 11.1 Å². The summed E-state index contributed by atoms with van der Waals surface area (Å²) < 4.78 is 0. The number of hydrogen-bond acceptors (Lipinski definition) is 8. The number of rotatable bonds is 7. The summed E-state index contributed by atoms with van der Waals surface area (Å²) in [4.78, 5) is 71.3. The van der Waals surface area contributed by atoms with Gasteiger partial charge in [0.05, 0.1) is 9.85 Å². The van der Waals surface area contributed by atoms with Gasteiger partial charge in [0.15, 0.2) is 0 Å². The largest absolute Gasteiger partial charge is 0.270 e. The summed E-state index contributed by atoms with van der Waals surface area (Å²) in [6, 6.07) is 22.2. The molecule has 210 valence electrons. The monoisotopic (exact) mass is 568 g/mol. The van der Waals surface area contributed by atoms with Crippen LogP contribution in [0.15, 0.2) is 97.1 Å². The highest BCUT2D eigenvalue weighted by molar-refractivity contribution is 6.07. The minimum absolute atomic E-state index is 0.0759. The number of non-ortho nitro benzene ring substituents is 2. The molecule has 0 aliphatic heterocycles. The smallest absolute Gasteiger partial charge is 0.267 e. The van der Waals surface area contributed by atoms with Crippen molar-refractivity contribution in [3.05, 3.63) is 140 Å². The lowest BCUT2D eigenvalue weighted by Crippen LogP contribution is -2.42. The lowest BCUT2D eigenvalue weighted by atomic mass is 9.95. The quantitative estimate of drug-likeness (QED) is 0.192. The van der Waals surface area contributed by atoms with Crippen LogP contribution in [0.3, 0.4) is 0 Å². The predicted molar refractivity (Wildman–Crippen MR) is 148 cm³/mol. The Morgan fingerprint density at radius 1 is 0.452 bits per heavy atom. The van der Waals surface area contributed by atoms with Gasteiger partial charge in [-0.05, 0) is 47.5 Å². The van der Waals surface area contributed by atoms with Crippen LogP contribution in [-0.2, 0) is 0 Å². The van der Waals surface area contributed by atoms with Crippen molar-refractivity contribution < 1.29 is 29.0 Å². The van der Waals surface area contributed by atoms with Gasteiger partial charge >= 0.3 is 0 Å². The molecule has 0 saturated carbocycles. The first-order chi connectivity index (χ1) is 20.2. The first-order valence-corrected chi connectivity index (χ1v) is 12.0. The van der Waals surface area contributed by atoms with Gasteiger partial charge in [-0.15, -0.1) is 0 Å². The van der Waals surface area contributed by atoms with Crippen LogP contribution in [0.5, 0.6) is 0 Å². The minimum atomic E-state index is -0.709. The normalized spacial score (nSPS) is 10.2. The van der Waals surface area contributed by atoms with E-state index in [0.717, 1.165) is 24.3 Å². The van der Waals surface area contributed by atoms with Crippen molar-refractivity contribution in [3.8, 4) is 11.1 Å². The van der Waals surface area contributed by atoms with Gasteiger partial charge in [0, 0.05) is 46.5 Å². The Morgan fingerprint density at radius 3 is 1.10 bits per heavy atom. The standard InChI is InChI=1S/C28H20N6O8/c35-25(17-9-13-19(14-10-17)33(39)40)29-31-27(37)23-7-3-1-5-21(23)22-6-2-4-8-24(22)28(38)32-30-26(36)18-11-15-20(16-12-18)34(41)42/h1-16H,(H,29,35)(H,30,36)(H,31,37)(H,32,38). The summed E-state index contributed by atoms with van der Waals surface area (Å²) in [5.41, 5.74) is 9.73. The minimum Gasteiger partial charge on any atom is -0.267 e.